The molecule has 25 heavy (non-hydrogen) atoms. The van der Waals surface area contributed by atoms with Crippen molar-refractivity contribution in [2.24, 2.45) is 5.92 Å². The number of fused-ring (bicyclic) bond motifs is 1. The fourth-order valence-electron chi connectivity index (χ4n) is 3.18. The van der Waals surface area contributed by atoms with Crippen LogP contribution in [0.15, 0.2) is 0 Å². The van der Waals surface area contributed by atoms with Gasteiger partial charge in [-0.3, -0.25) is 9.59 Å². The second-order valence-corrected chi connectivity index (χ2v) is 15.2. The average Bonchev–Trinajstić information content (AvgIpc) is 3.20. The molecule has 6 nitrogen and oxygen atoms in total. The highest BCUT2D eigenvalue weighted by Crippen LogP contribution is 2.31. The van der Waals surface area contributed by atoms with Gasteiger partial charge in [0, 0.05) is 14.0 Å². The number of nitrogens with one attached hydrogen (secondary N) is 2. The summed E-state index contributed by atoms with van der Waals surface area (Å²) in [5.74, 6) is 1.87. The molecule has 8 heteroatoms. The van der Waals surface area contributed by atoms with E-state index < -0.39 is 8.07 Å². The van der Waals surface area contributed by atoms with E-state index in [2.05, 4.69) is 30.3 Å². The minimum Gasteiger partial charge on any atom is -0.371 e. The molecular weight excluding hydrogens is 356 g/mol. The van der Waals surface area contributed by atoms with Crippen molar-refractivity contribution < 1.29 is 19.1 Å². The number of hydrogen-bond acceptors (Lipinski definition) is 5. The van der Waals surface area contributed by atoms with Gasteiger partial charge in [-0.15, -0.1) is 0 Å². The molecule has 0 aromatic carbocycles. The molecule has 3 fully saturated rings. The number of thioether (sulfide) groups is 1. The maximum Gasteiger partial charge on any atom is 0.230 e. The molecule has 4 atom stereocenters. The topological polar surface area (TPSA) is 76.7 Å². The first-order valence-corrected chi connectivity index (χ1v) is 14.1. The molecule has 142 valence electrons. The molecule has 2 heterocycles. The van der Waals surface area contributed by atoms with Crippen molar-refractivity contribution in [2.45, 2.75) is 62.8 Å². The number of hydrogen-bond donors (Lipinski definition) is 2. The third-order valence-electron chi connectivity index (χ3n) is 4.91. The molecule has 3 aliphatic rings. The van der Waals surface area contributed by atoms with E-state index >= 15 is 0 Å². The second-order valence-electron chi connectivity index (χ2n) is 8.52. The maximum absolute atomic E-state index is 12.2. The Morgan fingerprint density at radius 2 is 1.64 bits per heavy atom. The van der Waals surface area contributed by atoms with Gasteiger partial charge >= 0.3 is 0 Å². The Bertz CT molecular complexity index is 509. The summed E-state index contributed by atoms with van der Waals surface area (Å²) >= 11 is 1.70. The number of carbonyl (C=O) groups excluding carboxylic acids is 2. The van der Waals surface area contributed by atoms with Crippen LogP contribution in [0.2, 0.25) is 25.7 Å². The van der Waals surface area contributed by atoms with E-state index in [9.17, 15) is 9.59 Å². The van der Waals surface area contributed by atoms with Crippen LogP contribution in [0.5, 0.6) is 0 Å². The van der Waals surface area contributed by atoms with Crippen LogP contribution in [-0.4, -0.2) is 68.9 Å². The average molecular weight is 387 g/mol. The highest BCUT2D eigenvalue weighted by molar-refractivity contribution is 8.00. The maximum atomic E-state index is 12.2. The van der Waals surface area contributed by atoms with Gasteiger partial charge in [-0.05, 0) is 24.6 Å². The van der Waals surface area contributed by atoms with Crippen molar-refractivity contribution in [3.63, 3.8) is 0 Å². The minimum absolute atomic E-state index is 0.0453. The summed E-state index contributed by atoms with van der Waals surface area (Å²) in [6.45, 7) is 7.96. The largest absolute Gasteiger partial charge is 0.371 e. The lowest BCUT2D eigenvalue weighted by Gasteiger charge is -2.18. The van der Waals surface area contributed by atoms with Crippen LogP contribution in [0.4, 0.5) is 0 Å². The van der Waals surface area contributed by atoms with Gasteiger partial charge in [0.25, 0.3) is 0 Å². The molecular formula is C17H30N2O4SSi. The minimum atomic E-state index is -1.03. The molecule has 2 amide bonds. The summed E-state index contributed by atoms with van der Waals surface area (Å²) in [4.78, 5) is 24.1. The number of amides is 2. The van der Waals surface area contributed by atoms with Crippen molar-refractivity contribution in [2.75, 3.05) is 24.7 Å². The molecule has 1 aliphatic carbocycles. The van der Waals surface area contributed by atoms with Crippen LogP contribution in [-0.2, 0) is 19.1 Å². The second kappa shape index (κ2) is 7.98. The molecule has 0 spiro atoms. The van der Waals surface area contributed by atoms with Crippen LogP contribution in [0.1, 0.15) is 12.8 Å². The Labute approximate surface area is 155 Å². The molecule has 0 radical (unpaired) electrons. The first-order chi connectivity index (χ1) is 11.8. The van der Waals surface area contributed by atoms with Gasteiger partial charge in [-0.1, -0.05) is 19.6 Å². The summed E-state index contributed by atoms with van der Waals surface area (Å²) in [7, 11) is -1.03. The molecule has 2 N–H and O–H groups in total. The molecule has 2 aliphatic heterocycles. The van der Waals surface area contributed by atoms with Crippen molar-refractivity contribution >= 4 is 31.7 Å². The SMILES string of the molecule is C[Si](C)(C)CCSCC(=O)N[C@@H]1CO[C@H]2[C@@H]1OC[C@H]2NC(=O)C1CC1. The van der Waals surface area contributed by atoms with E-state index in [0.29, 0.717) is 19.0 Å². The van der Waals surface area contributed by atoms with E-state index in [1.54, 1.807) is 11.8 Å². The lowest BCUT2D eigenvalue weighted by Crippen LogP contribution is -2.47. The van der Waals surface area contributed by atoms with E-state index in [0.717, 1.165) is 18.6 Å². The Morgan fingerprint density at radius 1 is 1.04 bits per heavy atom. The first kappa shape index (κ1) is 19.2. The summed E-state index contributed by atoms with van der Waals surface area (Å²) in [5, 5.41) is 6.09. The number of rotatable bonds is 8. The Kier molecular flexibility index (Phi) is 6.13. The van der Waals surface area contributed by atoms with Gasteiger partial charge in [0.2, 0.25) is 11.8 Å². The summed E-state index contributed by atoms with van der Waals surface area (Å²) < 4.78 is 11.6. The molecule has 0 aromatic heterocycles. The van der Waals surface area contributed by atoms with E-state index in [4.69, 9.17) is 9.47 Å². The zero-order valence-electron chi connectivity index (χ0n) is 15.4. The molecule has 1 saturated carbocycles. The zero-order valence-corrected chi connectivity index (χ0v) is 17.2. The zero-order chi connectivity index (χ0) is 18.0. The first-order valence-electron chi connectivity index (χ1n) is 9.24. The molecule has 0 bridgehead atoms. The van der Waals surface area contributed by atoms with E-state index in [1.165, 1.54) is 6.04 Å². The summed E-state index contributed by atoms with van der Waals surface area (Å²) in [5.41, 5.74) is 0. The van der Waals surface area contributed by atoms with Gasteiger partial charge in [0.1, 0.15) is 12.2 Å². The lowest BCUT2D eigenvalue weighted by molar-refractivity contribution is -0.123. The predicted molar refractivity (Wildman–Crippen MR) is 102 cm³/mol. The fourth-order valence-corrected chi connectivity index (χ4v) is 6.62. The van der Waals surface area contributed by atoms with Crippen LogP contribution in [0.25, 0.3) is 0 Å². The highest BCUT2D eigenvalue weighted by atomic mass is 32.2. The highest BCUT2D eigenvalue weighted by Gasteiger charge is 2.49. The molecule has 0 aromatic rings. The van der Waals surface area contributed by atoms with Gasteiger partial charge in [0.05, 0.1) is 31.1 Å². The molecule has 2 saturated heterocycles. The fraction of sp³-hybridized carbons (Fsp3) is 0.882. The standard InChI is InChI=1S/C17H30N2O4SSi/c1-25(2,3)7-6-24-10-14(20)18-12-8-22-16-13(9-23-15(12)16)19-17(21)11-4-5-11/h11-13,15-16H,4-10H2,1-3H3,(H,18,20)(H,19,21)/t12-,13-,15-,16-/m1/s1. The quantitative estimate of drug-likeness (QED) is 0.485. The Balaban J connectivity index is 1.38. The predicted octanol–water partition coefficient (Wildman–Crippen LogP) is 1.23. The van der Waals surface area contributed by atoms with Crippen molar-refractivity contribution in [3.05, 3.63) is 0 Å². The normalized spacial score (nSPS) is 31.6. The summed E-state index contributed by atoms with van der Waals surface area (Å²) in [6, 6.07) is 1.03. The van der Waals surface area contributed by atoms with Gasteiger partial charge in [0.15, 0.2) is 0 Å². The van der Waals surface area contributed by atoms with E-state index in [1.807, 2.05) is 0 Å². The van der Waals surface area contributed by atoms with Gasteiger partial charge < -0.3 is 20.1 Å². The van der Waals surface area contributed by atoms with Gasteiger partial charge in [-0.25, -0.2) is 0 Å². The summed E-state index contributed by atoms with van der Waals surface area (Å²) in [6.07, 6.45) is 1.68. The molecule has 0 unspecified atom stereocenters. The third kappa shape index (κ3) is 5.45. The third-order valence-corrected chi connectivity index (χ3v) is 7.98. The van der Waals surface area contributed by atoms with Gasteiger partial charge in [-0.2, -0.15) is 11.8 Å². The Morgan fingerprint density at radius 3 is 2.20 bits per heavy atom. The lowest BCUT2D eigenvalue weighted by atomic mass is 10.1. The Hall–Kier alpha value is -0.573. The molecule has 3 rings (SSSR count). The number of ether oxygens (including phenoxy) is 2. The van der Waals surface area contributed by atoms with Crippen LogP contribution < -0.4 is 10.6 Å². The van der Waals surface area contributed by atoms with Crippen molar-refractivity contribution in [3.8, 4) is 0 Å². The van der Waals surface area contributed by atoms with Crippen LogP contribution >= 0.6 is 11.8 Å². The van der Waals surface area contributed by atoms with E-state index in [-0.39, 0.29) is 42.0 Å². The smallest absolute Gasteiger partial charge is 0.230 e. The van der Waals surface area contributed by atoms with Crippen molar-refractivity contribution in [1.29, 1.82) is 0 Å². The van der Waals surface area contributed by atoms with Crippen LogP contribution in [0, 0.1) is 5.92 Å². The van der Waals surface area contributed by atoms with Crippen LogP contribution in [0.3, 0.4) is 0 Å². The monoisotopic (exact) mass is 386 g/mol. The number of carbonyl (C=O) groups is 2. The van der Waals surface area contributed by atoms with Crippen molar-refractivity contribution in [1.82, 2.24) is 10.6 Å².